The fourth-order valence-electron chi connectivity index (χ4n) is 2.47. The number of ether oxygens (including phenoxy) is 5. The largest absolute Gasteiger partial charge is 0.457 e. The SMILES string of the molecule is COCC1OC(OC(C)=O)C(NC(C)=O)C(OC)C1OC(C)=O. The number of carbonyl (C=O) groups excluding carboxylic acids is 3. The van der Waals surface area contributed by atoms with E-state index in [1.807, 2.05) is 0 Å². The summed E-state index contributed by atoms with van der Waals surface area (Å²) in [5.74, 6) is -1.49. The van der Waals surface area contributed by atoms with Gasteiger partial charge in [-0.3, -0.25) is 14.4 Å². The van der Waals surface area contributed by atoms with Gasteiger partial charge in [-0.1, -0.05) is 0 Å². The zero-order valence-electron chi connectivity index (χ0n) is 13.9. The van der Waals surface area contributed by atoms with E-state index in [0.29, 0.717) is 0 Å². The number of rotatable bonds is 6. The summed E-state index contributed by atoms with van der Waals surface area (Å²) in [4.78, 5) is 34.1. The quantitative estimate of drug-likeness (QED) is 0.640. The van der Waals surface area contributed by atoms with E-state index >= 15 is 0 Å². The highest BCUT2D eigenvalue weighted by atomic mass is 16.7. The standard InChI is InChI=1S/C14H23NO8/c1-7(16)15-11-13(20-5)12(21-8(2)17)10(6-19-4)23-14(11)22-9(3)18/h10-14H,6H2,1-5H3,(H,15,16). The lowest BCUT2D eigenvalue weighted by atomic mass is 9.96. The van der Waals surface area contributed by atoms with Gasteiger partial charge in [-0.15, -0.1) is 0 Å². The molecule has 0 aliphatic carbocycles. The number of hydrogen-bond acceptors (Lipinski definition) is 8. The summed E-state index contributed by atoms with van der Waals surface area (Å²) in [6.45, 7) is 3.86. The Morgan fingerprint density at radius 3 is 2.04 bits per heavy atom. The van der Waals surface area contributed by atoms with Crippen molar-refractivity contribution >= 4 is 17.8 Å². The molecule has 1 aliphatic rings. The molecule has 0 spiro atoms. The number of esters is 2. The van der Waals surface area contributed by atoms with Gasteiger partial charge in [0, 0.05) is 35.0 Å². The van der Waals surface area contributed by atoms with E-state index in [0.717, 1.165) is 0 Å². The fourth-order valence-corrected chi connectivity index (χ4v) is 2.47. The van der Waals surface area contributed by atoms with Crippen LogP contribution in [-0.2, 0) is 38.1 Å². The van der Waals surface area contributed by atoms with Gasteiger partial charge >= 0.3 is 11.9 Å². The Hall–Kier alpha value is -1.71. The molecule has 1 heterocycles. The molecule has 1 rings (SSSR count). The second-order valence-electron chi connectivity index (χ2n) is 5.11. The fraction of sp³-hybridized carbons (Fsp3) is 0.786. The van der Waals surface area contributed by atoms with E-state index in [2.05, 4.69) is 5.32 Å². The molecule has 5 atom stereocenters. The molecular formula is C14H23NO8. The van der Waals surface area contributed by atoms with Gasteiger partial charge in [0.25, 0.3) is 0 Å². The number of amides is 1. The van der Waals surface area contributed by atoms with Gasteiger partial charge in [-0.05, 0) is 0 Å². The average Bonchev–Trinajstić information content (AvgIpc) is 2.42. The molecule has 1 amide bonds. The van der Waals surface area contributed by atoms with E-state index < -0.39 is 42.6 Å². The summed E-state index contributed by atoms with van der Waals surface area (Å²) in [7, 11) is 2.85. The maximum absolute atomic E-state index is 11.4. The van der Waals surface area contributed by atoms with Gasteiger partial charge in [0.2, 0.25) is 12.2 Å². The molecule has 0 aromatic rings. The summed E-state index contributed by atoms with van der Waals surface area (Å²) in [5, 5.41) is 2.61. The smallest absolute Gasteiger partial charge is 0.305 e. The summed E-state index contributed by atoms with van der Waals surface area (Å²) in [5.41, 5.74) is 0. The van der Waals surface area contributed by atoms with Crippen molar-refractivity contribution in [2.24, 2.45) is 0 Å². The van der Waals surface area contributed by atoms with Crippen LogP contribution >= 0.6 is 0 Å². The lowest BCUT2D eigenvalue weighted by molar-refractivity contribution is -0.271. The first-order valence-electron chi connectivity index (χ1n) is 7.08. The van der Waals surface area contributed by atoms with E-state index in [1.165, 1.54) is 35.0 Å². The van der Waals surface area contributed by atoms with Crippen molar-refractivity contribution in [3.05, 3.63) is 0 Å². The van der Waals surface area contributed by atoms with Crippen molar-refractivity contribution in [1.29, 1.82) is 0 Å². The van der Waals surface area contributed by atoms with Crippen LogP contribution in [0.5, 0.6) is 0 Å². The van der Waals surface area contributed by atoms with Gasteiger partial charge in [-0.2, -0.15) is 0 Å². The minimum absolute atomic E-state index is 0.0857. The Morgan fingerprint density at radius 2 is 1.61 bits per heavy atom. The zero-order chi connectivity index (χ0) is 17.6. The van der Waals surface area contributed by atoms with Crippen molar-refractivity contribution < 1.29 is 38.1 Å². The molecule has 0 radical (unpaired) electrons. The normalized spacial score (nSPS) is 30.4. The van der Waals surface area contributed by atoms with Crippen molar-refractivity contribution in [2.45, 2.75) is 51.4 Å². The summed E-state index contributed by atoms with van der Waals surface area (Å²) >= 11 is 0. The van der Waals surface area contributed by atoms with Gasteiger partial charge < -0.3 is 29.0 Å². The molecule has 9 heteroatoms. The molecule has 1 aliphatic heterocycles. The van der Waals surface area contributed by atoms with Crippen LogP contribution in [0.4, 0.5) is 0 Å². The second-order valence-corrected chi connectivity index (χ2v) is 5.11. The summed E-state index contributed by atoms with van der Waals surface area (Å²) in [6, 6.07) is -0.834. The Kier molecular flexibility index (Phi) is 7.40. The molecule has 0 aromatic heterocycles. The maximum Gasteiger partial charge on any atom is 0.305 e. The van der Waals surface area contributed by atoms with Crippen LogP contribution in [0.15, 0.2) is 0 Å². The predicted molar refractivity (Wildman–Crippen MR) is 76.3 cm³/mol. The first-order chi connectivity index (χ1) is 10.8. The molecule has 0 saturated carbocycles. The van der Waals surface area contributed by atoms with E-state index in [-0.39, 0.29) is 12.5 Å². The van der Waals surface area contributed by atoms with Crippen LogP contribution in [0.3, 0.4) is 0 Å². The third kappa shape index (κ3) is 5.45. The van der Waals surface area contributed by atoms with Crippen molar-refractivity contribution in [1.82, 2.24) is 5.32 Å². The van der Waals surface area contributed by atoms with E-state index in [1.54, 1.807) is 0 Å². The van der Waals surface area contributed by atoms with Crippen molar-refractivity contribution in [2.75, 3.05) is 20.8 Å². The first-order valence-corrected chi connectivity index (χ1v) is 7.08. The molecule has 1 fully saturated rings. The van der Waals surface area contributed by atoms with E-state index in [4.69, 9.17) is 23.7 Å². The summed E-state index contributed by atoms with van der Waals surface area (Å²) < 4.78 is 26.5. The van der Waals surface area contributed by atoms with Crippen molar-refractivity contribution in [3.8, 4) is 0 Å². The number of methoxy groups -OCH3 is 2. The Balaban J connectivity index is 3.12. The molecule has 23 heavy (non-hydrogen) atoms. The monoisotopic (exact) mass is 333 g/mol. The van der Waals surface area contributed by atoms with Crippen LogP contribution in [0.1, 0.15) is 20.8 Å². The van der Waals surface area contributed by atoms with Gasteiger partial charge in [0.15, 0.2) is 6.10 Å². The van der Waals surface area contributed by atoms with Crippen LogP contribution in [0.25, 0.3) is 0 Å². The average molecular weight is 333 g/mol. The third-order valence-corrected chi connectivity index (χ3v) is 3.20. The van der Waals surface area contributed by atoms with Gasteiger partial charge in [0.1, 0.15) is 18.2 Å². The van der Waals surface area contributed by atoms with Gasteiger partial charge in [0.05, 0.1) is 6.61 Å². The molecule has 132 valence electrons. The molecule has 0 bridgehead atoms. The predicted octanol–water partition coefficient (Wildman–Crippen LogP) is -0.628. The lowest BCUT2D eigenvalue weighted by Crippen LogP contribution is -2.66. The molecule has 1 N–H and O–H groups in total. The van der Waals surface area contributed by atoms with E-state index in [9.17, 15) is 14.4 Å². The number of nitrogens with one attached hydrogen (secondary N) is 1. The summed E-state index contributed by atoms with van der Waals surface area (Å²) in [6.07, 6.45) is -3.42. The highest BCUT2D eigenvalue weighted by Crippen LogP contribution is 2.27. The first kappa shape index (κ1) is 19.3. The highest BCUT2D eigenvalue weighted by Gasteiger charge is 2.50. The third-order valence-electron chi connectivity index (χ3n) is 3.20. The number of carbonyl (C=O) groups is 3. The molecule has 9 nitrogen and oxygen atoms in total. The Labute approximate surface area is 134 Å². The molecule has 0 aromatic carbocycles. The molecule has 5 unspecified atom stereocenters. The van der Waals surface area contributed by atoms with Crippen LogP contribution < -0.4 is 5.32 Å². The Bertz CT molecular complexity index is 440. The van der Waals surface area contributed by atoms with Crippen molar-refractivity contribution in [3.63, 3.8) is 0 Å². The van der Waals surface area contributed by atoms with Crippen LogP contribution in [0, 0.1) is 0 Å². The minimum atomic E-state index is -1.09. The topological polar surface area (TPSA) is 109 Å². The van der Waals surface area contributed by atoms with Crippen LogP contribution in [-0.4, -0.2) is 69.3 Å². The second kappa shape index (κ2) is 8.80. The molecule has 1 saturated heterocycles. The van der Waals surface area contributed by atoms with Crippen LogP contribution in [0.2, 0.25) is 0 Å². The Morgan fingerprint density at radius 1 is 1.00 bits per heavy atom. The maximum atomic E-state index is 11.4. The zero-order valence-corrected chi connectivity index (χ0v) is 13.9. The highest BCUT2D eigenvalue weighted by molar-refractivity contribution is 5.73. The molecular weight excluding hydrogens is 310 g/mol. The lowest BCUT2D eigenvalue weighted by Gasteiger charge is -2.44. The van der Waals surface area contributed by atoms with Gasteiger partial charge in [-0.25, -0.2) is 0 Å². The minimum Gasteiger partial charge on any atom is -0.457 e. The number of hydrogen-bond donors (Lipinski definition) is 1.